The van der Waals surface area contributed by atoms with Gasteiger partial charge in [0.25, 0.3) is 11.8 Å². The highest BCUT2D eigenvalue weighted by Crippen LogP contribution is 2.52. The van der Waals surface area contributed by atoms with Crippen LogP contribution in [0.5, 0.6) is 5.75 Å². The molecule has 2 bridgehead atoms. The maximum absolute atomic E-state index is 12.8. The van der Waals surface area contributed by atoms with E-state index in [0.717, 1.165) is 21.5 Å². The summed E-state index contributed by atoms with van der Waals surface area (Å²) in [5.41, 5.74) is 1.35. The number of amides is 2. The number of benzene rings is 2. The molecule has 1 aliphatic heterocycles. The Morgan fingerprint density at radius 1 is 1.03 bits per heavy atom. The third kappa shape index (κ3) is 3.73. The van der Waals surface area contributed by atoms with Crippen molar-refractivity contribution in [3.8, 4) is 5.75 Å². The Bertz CT molecular complexity index is 1160. The smallest absolute Gasteiger partial charge is 0.336 e. The van der Waals surface area contributed by atoms with E-state index in [0.29, 0.717) is 5.56 Å². The second kappa shape index (κ2) is 8.31. The lowest BCUT2D eigenvalue weighted by Crippen LogP contribution is -2.28. The van der Waals surface area contributed by atoms with Gasteiger partial charge in [-0.1, -0.05) is 58.4 Å². The number of imide groups is 1. The number of nitrogens with zero attached hydrogens (tertiary/aromatic N) is 2. The molecule has 2 amide bonds. The van der Waals surface area contributed by atoms with Gasteiger partial charge < -0.3 is 4.74 Å². The van der Waals surface area contributed by atoms with Crippen molar-refractivity contribution in [2.24, 2.45) is 28.8 Å². The van der Waals surface area contributed by atoms with Crippen molar-refractivity contribution < 1.29 is 19.1 Å². The number of hydrogen-bond acceptors (Lipinski definition) is 5. The molecular weight excluding hydrogens is 472 g/mol. The van der Waals surface area contributed by atoms with E-state index in [1.807, 2.05) is 42.5 Å². The van der Waals surface area contributed by atoms with Crippen LogP contribution in [-0.4, -0.2) is 29.0 Å². The fourth-order valence-electron chi connectivity index (χ4n) is 4.70. The van der Waals surface area contributed by atoms with Gasteiger partial charge in [0.2, 0.25) is 0 Å². The van der Waals surface area contributed by atoms with Crippen LogP contribution in [0.1, 0.15) is 17.5 Å². The van der Waals surface area contributed by atoms with E-state index in [1.165, 1.54) is 12.3 Å². The van der Waals surface area contributed by atoms with Gasteiger partial charge in [-0.2, -0.15) is 10.1 Å². The Kier molecular flexibility index (Phi) is 5.35. The molecule has 0 aromatic heterocycles. The molecule has 160 valence electrons. The summed E-state index contributed by atoms with van der Waals surface area (Å²) in [6.45, 7) is 0. The molecule has 4 atom stereocenters. The van der Waals surface area contributed by atoms with Crippen molar-refractivity contribution in [2.75, 3.05) is 0 Å². The van der Waals surface area contributed by atoms with E-state index < -0.39 is 5.97 Å². The number of fused-ring (bicyclic) bond motifs is 5. The van der Waals surface area contributed by atoms with Gasteiger partial charge in [0.1, 0.15) is 5.75 Å². The number of hydrogen-bond donors (Lipinski definition) is 0. The Balaban J connectivity index is 1.33. The molecule has 6 nitrogen and oxygen atoms in total. The minimum atomic E-state index is -0.545. The summed E-state index contributed by atoms with van der Waals surface area (Å²) < 4.78 is 6.22. The van der Waals surface area contributed by atoms with Crippen LogP contribution in [0.4, 0.5) is 0 Å². The standard InChI is InChI=1S/C25H19BrN2O4/c26-19-9-10-20(32-21(29)11-6-15-4-2-1-3-5-15)18(13-19)14-27-28-24(30)22-16-7-8-17(12-16)23(22)25(28)31/h1-11,13-14,16-17,22-23H,12H2/b11-6+,27-14?/t16-,17-,22-,23+/m0/s1. The zero-order chi connectivity index (χ0) is 22.2. The molecule has 2 aliphatic carbocycles. The fraction of sp³-hybridized carbons (Fsp3) is 0.200. The minimum absolute atomic E-state index is 0.125. The zero-order valence-corrected chi connectivity index (χ0v) is 18.5. The van der Waals surface area contributed by atoms with Crippen LogP contribution in [0.2, 0.25) is 0 Å². The largest absolute Gasteiger partial charge is 0.423 e. The summed E-state index contributed by atoms with van der Waals surface area (Å²) in [5.74, 6) is -1.15. The fourth-order valence-corrected chi connectivity index (χ4v) is 5.08. The van der Waals surface area contributed by atoms with E-state index in [4.69, 9.17) is 4.74 Å². The maximum Gasteiger partial charge on any atom is 0.336 e. The van der Waals surface area contributed by atoms with Crippen LogP contribution >= 0.6 is 15.9 Å². The molecule has 0 radical (unpaired) electrons. The molecular formula is C25H19BrN2O4. The first kappa shape index (κ1) is 20.6. The molecule has 0 unspecified atom stereocenters. The molecule has 3 aliphatic rings. The van der Waals surface area contributed by atoms with Crippen LogP contribution in [0.15, 0.2) is 76.3 Å². The molecule has 2 aromatic rings. The molecule has 2 aromatic carbocycles. The summed E-state index contributed by atoms with van der Waals surface area (Å²) in [7, 11) is 0. The number of ether oxygens (including phenoxy) is 1. The normalized spacial score (nSPS) is 26.0. The predicted octanol–water partition coefficient (Wildman–Crippen LogP) is 4.21. The van der Waals surface area contributed by atoms with Gasteiger partial charge >= 0.3 is 5.97 Å². The van der Waals surface area contributed by atoms with E-state index in [2.05, 4.69) is 21.0 Å². The quantitative estimate of drug-likeness (QED) is 0.157. The topological polar surface area (TPSA) is 76.0 Å². The van der Waals surface area contributed by atoms with Crippen molar-refractivity contribution >= 4 is 46.0 Å². The molecule has 1 saturated carbocycles. The monoisotopic (exact) mass is 490 g/mol. The van der Waals surface area contributed by atoms with Gasteiger partial charge in [-0.25, -0.2) is 4.79 Å². The lowest BCUT2D eigenvalue weighted by molar-refractivity contribution is -0.140. The lowest BCUT2D eigenvalue weighted by Gasteiger charge is -2.13. The second-order valence-electron chi connectivity index (χ2n) is 8.08. The summed E-state index contributed by atoms with van der Waals surface area (Å²) in [6.07, 6.45) is 9.35. The average molecular weight is 491 g/mol. The van der Waals surface area contributed by atoms with Gasteiger partial charge in [0, 0.05) is 16.1 Å². The van der Waals surface area contributed by atoms with Crippen LogP contribution in [0, 0.1) is 23.7 Å². The van der Waals surface area contributed by atoms with E-state index >= 15 is 0 Å². The first-order valence-corrected chi connectivity index (χ1v) is 11.1. The number of carbonyl (C=O) groups is 3. The number of hydrazone groups is 1. The van der Waals surface area contributed by atoms with Crippen LogP contribution in [0.3, 0.4) is 0 Å². The van der Waals surface area contributed by atoms with Gasteiger partial charge in [-0.3, -0.25) is 9.59 Å². The minimum Gasteiger partial charge on any atom is -0.423 e. The van der Waals surface area contributed by atoms with Crippen molar-refractivity contribution in [1.82, 2.24) is 5.01 Å². The molecule has 1 saturated heterocycles. The lowest BCUT2D eigenvalue weighted by atomic mass is 9.85. The highest BCUT2D eigenvalue weighted by molar-refractivity contribution is 9.10. The first-order chi connectivity index (χ1) is 15.5. The number of allylic oxidation sites excluding steroid dienone is 2. The molecule has 0 spiro atoms. The van der Waals surface area contributed by atoms with Crippen LogP contribution < -0.4 is 4.74 Å². The zero-order valence-electron chi connectivity index (χ0n) is 16.9. The third-order valence-electron chi connectivity index (χ3n) is 6.15. The van der Waals surface area contributed by atoms with E-state index in [9.17, 15) is 14.4 Å². The second-order valence-corrected chi connectivity index (χ2v) is 9.00. The predicted molar refractivity (Wildman–Crippen MR) is 122 cm³/mol. The molecule has 0 N–H and O–H groups in total. The Hall–Kier alpha value is -3.32. The van der Waals surface area contributed by atoms with Crippen molar-refractivity contribution in [3.05, 3.63) is 82.4 Å². The number of esters is 1. The third-order valence-corrected chi connectivity index (χ3v) is 6.65. The Morgan fingerprint density at radius 2 is 1.72 bits per heavy atom. The average Bonchev–Trinajstić information content (AvgIpc) is 3.47. The molecule has 7 heteroatoms. The SMILES string of the molecule is O=C(/C=C/c1ccccc1)Oc1ccc(Br)cc1C=NN1C(=O)[C@@H]2[C@H](C1=O)[C@H]1C=C[C@H]2C1. The first-order valence-electron chi connectivity index (χ1n) is 10.4. The van der Waals surface area contributed by atoms with Gasteiger partial charge in [-0.05, 0) is 48.1 Å². The maximum atomic E-state index is 12.8. The van der Waals surface area contributed by atoms with Crippen LogP contribution in [0.25, 0.3) is 6.08 Å². The summed E-state index contributed by atoms with van der Waals surface area (Å²) in [6, 6.07) is 14.5. The molecule has 2 fully saturated rings. The molecule has 1 heterocycles. The number of carbonyl (C=O) groups excluding carboxylic acids is 3. The Morgan fingerprint density at radius 3 is 2.41 bits per heavy atom. The summed E-state index contributed by atoms with van der Waals surface area (Å²) >= 11 is 3.39. The van der Waals surface area contributed by atoms with Crippen molar-refractivity contribution in [3.63, 3.8) is 0 Å². The number of halogens is 1. The number of rotatable bonds is 5. The van der Waals surface area contributed by atoms with Crippen molar-refractivity contribution in [2.45, 2.75) is 6.42 Å². The van der Waals surface area contributed by atoms with E-state index in [1.54, 1.807) is 24.3 Å². The highest BCUT2D eigenvalue weighted by Gasteiger charge is 2.59. The highest BCUT2D eigenvalue weighted by atomic mass is 79.9. The molecule has 5 rings (SSSR count). The van der Waals surface area contributed by atoms with Gasteiger partial charge in [0.05, 0.1) is 18.1 Å². The van der Waals surface area contributed by atoms with E-state index in [-0.39, 0.29) is 41.2 Å². The van der Waals surface area contributed by atoms with Gasteiger partial charge in [-0.15, -0.1) is 0 Å². The van der Waals surface area contributed by atoms with Crippen molar-refractivity contribution in [1.29, 1.82) is 0 Å². The van der Waals surface area contributed by atoms with Crippen LogP contribution in [-0.2, 0) is 14.4 Å². The van der Waals surface area contributed by atoms with Gasteiger partial charge in [0.15, 0.2) is 0 Å². The summed E-state index contributed by atoms with van der Waals surface area (Å²) in [4.78, 5) is 37.9. The summed E-state index contributed by atoms with van der Waals surface area (Å²) in [5, 5.41) is 5.16. The Labute approximate surface area is 193 Å². The molecule has 32 heavy (non-hydrogen) atoms.